The van der Waals surface area contributed by atoms with Crippen LogP contribution in [0.25, 0.3) is 0 Å². The molecule has 0 aromatic heterocycles. The van der Waals surface area contributed by atoms with Gasteiger partial charge in [0.25, 0.3) is 0 Å². The summed E-state index contributed by atoms with van der Waals surface area (Å²) in [4.78, 5) is 11.6. The zero-order valence-electron chi connectivity index (χ0n) is 10.7. The Hall–Kier alpha value is -1.20. The van der Waals surface area contributed by atoms with Crippen LogP contribution >= 0.6 is 11.8 Å². The van der Waals surface area contributed by atoms with Gasteiger partial charge in [0, 0.05) is 0 Å². The molecule has 1 rings (SSSR count). The third kappa shape index (κ3) is 4.98. The minimum Gasteiger partial charge on any atom is -0.497 e. The molecule has 0 fully saturated rings. The molecule has 0 spiro atoms. The van der Waals surface area contributed by atoms with Gasteiger partial charge in [0.15, 0.2) is 0 Å². The standard InChI is InChI=1S/C13H19NO3S/c1-16-11-5-3-4-10(8-11)9-17-13(15)12(14)6-7-18-2/h3-5,8,12H,6-7,9,14H2,1-2H3/t12-/m1/s1. The van der Waals surface area contributed by atoms with E-state index in [0.717, 1.165) is 17.1 Å². The van der Waals surface area contributed by atoms with E-state index in [2.05, 4.69) is 0 Å². The molecule has 2 N–H and O–H groups in total. The maximum absolute atomic E-state index is 11.6. The van der Waals surface area contributed by atoms with Crippen LogP contribution in [0.2, 0.25) is 0 Å². The Morgan fingerprint density at radius 3 is 2.94 bits per heavy atom. The fourth-order valence-electron chi connectivity index (χ4n) is 1.39. The number of carbonyl (C=O) groups excluding carboxylic acids is 1. The Morgan fingerprint density at radius 2 is 2.28 bits per heavy atom. The van der Waals surface area contributed by atoms with Crippen molar-refractivity contribution in [3.05, 3.63) is 29.8 Å². The van der Waals surface area contributed by atoms with E-state index >= 15 is 0 Å². The average molecular weight is 269 g/mol. The van der Waals surface area contributed by atoms with Crippen LogP contribution in [-0.4, -0.2) is 31.1 Å². The Morgan fingerprint density at radius 1 is 1.50 bits per heavy atom. The fourth-order valence-corrected chi connectivity index (χ4v) is 1.88. The van der Waals surface area contributed by atoms with Gasteiger partial charge in [-0.3, -0.25) is 4.79 Å². The number of benzene rings is 1. The second-order valence-electron chi connectivity index (χ2n) is 3.85. The van der Waals surface area contributed by atoms with Crippen LogP contribution in [0, 0.1) is 0 Å². The normalized spacial score (nSPS) is 11.9. The molecule has 0 saturated heterocycles. The molecule has 0 bridgehead atoms. The van der Waals surface area contributed by atoms with E-state index in [9.17, 15) is 4.79 Å². The molecule has 0 aliphatic rings. The highest BCUT2D eigenvalue weighted by Crippen LogP contribution is 2.13. The van der Waals surface area contributed by atoms with E-state index < -0.39 is 6.04 Å². The van der Waals surface area contributed by atoms with Gasteiger partial charge in [-0.25, -0.2) is 0 Å². The lowest BCUT2D eigenvalue weighted by Crippen LogP contribution is -2.32. The molecule has 5 heteroatoms. The van der Waals surface area contributed by atoms with Crippen molar-refractivity contribution in [2.75, 3.05) is 19.1 Å². The summed E-state index contributed by atoms with van der Waals surface area (Å²) in [6, 6.07) is 6.87. The monoisotopic (exact) mass is 269 g/mol. The molecule has 1 atom stereocenters. The lowest BCUT2D eigenvalue weighted by Gasteiger charge is -2.11. The van der Waals surface area contributed by atoms with E-state index in [1.54, 1.807) is 18.9 Å². The van der Waals surface area contributed by atoms with Crippen molar-refractivity contribution >= 4 is 17.7 Å². The second-order valence-corrected chi connectivity index (χ2v) is 4.83. The summed E-state index contributed by atoms with van der Waals surface area (Å²) in [6.45, 7) is 0.225. The number of hydrogen-bond acceptors (Lipinski definition) is 5. The molecule has 18 heavy (non-hydrogen) atoms. The van der Waals surface area contributed by atoms with Gasteiger partial charge in [0.05, 0.1) is 7.11 Å². The molecular formula is C13H19NO3S. The van der Waals surface area contributed by atoms with Crippen molar-refractivity contribution in [3.63, 3.8) is 0 Å². The maximum atomic E-state index is 11.6. The Bertz CT molecular complexity index is 384. The van der Waals surface area contributed by atoms with Gasteiger partial charge in [0.1, 0.15) is 18.4 Å². The lowest BCUT2D eigenvalue weighted by molar-refractivity contribution is -0.146. The fraction of sp³-hybridized carbons (Fsp3) is 0.462. The zero-order chi connectivity index (χ0) is 13.4. The third-order valence-corrected chi connectivity index (χ3v) is 3.09. The minimum atomic E-state index is -0.539. The van der Waals surface area contributed by atoms with Gasteiger partial charge < -0.3 is 15.2 Å². The van der Waals surface area contributed by atoms with Crippen molar-refractivity contribution in [3.8, 4) is 5.75 Å². The Labute approximate surface area is 112 Å². The first kappa shape index (κ1) is 14.9. The van der Waals surface area contributed by atoms with Crippen LogP contribution in [0.1, 0.15) is 12.0 Å². The number of carbonyl (C=O) groups is 1. The first-order chi connectivity index (χ1) is 8.67. The summed E-state index contributed by atoms with van der Waals surface area (Å²) in [5.41, 5.74) is 6.60. The summed E-state index contributed by atoms with van der Waals surface area (Å²) in [5, 5.41) is 0. The minimum absolute atomic E-state index is 0.225. The van der Waals surface area contributed by atoms with Gasteiger partial charge in [-0.15, -0.1) is 0 Å². The summed E-state index contributed by atoms with van der Waals surface area (Å²) >= 11 is 1.66. The van der Waals surface area contributed by atoms with Crippen LogP contribution in [0.3, 0.4) is 0 Å². The summed E-state index contributed by atoms with van der Waals surface area (Å²) in [6.07, 6.45) is 2.62. The maximum Gasteiger partial charge on any atom is 0.323 e. The van der Waals surface area contributed by atoms with Crippen LogP contribution in [-0.2, 0) is 16.1 Å². The van der Waals surface area contributed by atoms with Gasteiger partial charge in [-0.2, -0.15) is 11.8 Å². The largest absolute Gasteiger partial charge is 0.497 e. The quantitative estimate of drug-likeness (QED) is 0.765. The Balaban J connectivity index is 2.41. The van der Waals surface area contributed by atoms with Crippen molar-refractivity contribution in [2.45, 2.75) is 19.1 Å². The predicted molar refractivity (Wildman–Crippen MR) is 73.8 cm³/mol. The highest BCUT2D eigenvalue weighted by molar-refractivity contribution is 7.98. The molecule has 0 saturated carbocycles. The third-order valence-electron chi connectivity index (χ3n) is 2.45. The van der Waals surface area contributed by atoms with E-state index in [4.69, 9.17) is 15.2 Å². The number of nitrogens with two attached hydrogens (primary N) is 1. The van der Waals surface area contributed by atoms with E-state index in [1.807, 2.05) is 30.5 Å². The molecule has 0 amide bonds. The number of thioether (sulfide) groups is 1. The van der Waals surface area contributed by atoms with Crippen LogP contribution in [0.5, 0.6) is 5.75 Å². The number of ether oxygens (including phenoxy) is 2. The SMILES string of the molecule is COc1cccc(COC(=O)[C@H](N)CCSC)c1. The Kier molecular flexibility index (Phi) is 6.60. The first-order valence-corrected chi connectivity index (χ1v) is 7.11. The molecule has 1 aromatic rings. The van der Waals surface area contributed by atoms with Crippen molar-refractivity contribution < 1.29 is 14.3 Å². The molecule has 1 aromatic carbocycles. The average Bonchev–Trinajstić information content (AvgIpc) is 2.42. The summed E-state index contributed by atoms with van der Waals surface area (Å²) in [7, 11) is 1.60. The molecular weight excluding hydrogens is 250 g/mol. The molecule has 0 unspecified atom stereocenters. The van der Waals surface area contributed by atoms with Gasteiger partial charge >= 0.3 is 5.97 Å². The van der Waals surface area contributed by atoms with Crippen LogP contribution < -0.4 is 10.5 Å². The zero-order valence-corrected chi connectivity index (χ0v) is 11.5. The first-order valence-electron chi connectivity index (χ1n) is 5.71. The van der Waals surface area contributed by atoms with Gasteiger partial charge in [-0.05, 0) is 36.1 Å². The van der Waals surface area contributed by atoms with Crippen molar-refractivity contribution in [2.24, 2.45) is 5.73 Å². The molecule has 0 radical (unpaired) electrons. The van der Waals surface area contributed by atoms with Crippen LogP contribution in [0.4, 0.5) is 0 Å². The molecule has 100 valence electrons. The van der Waals surface area contributed by atoms with E-state index in [1.165, 1.54) is 0 Å². The number of rotatable bonds is 7. The van der Waals surface area contributed by atoms with Crippen molar-refractivity contribution in [1.82, 2.24) is 0 Å². The number of hydrogen-bond donors (Lipinski definition) is 1. The molecule has 4 nitrogen and oxygen atoms in total. The summed E-state index contributed by atoms with van der Waals surface area (Å²) in [5.74, 6) is 1.25. The summed E-state index contributed by atoms with van der Waals surface area (Å²) < 4.78 is 10.3. The van der Waals surface area contributed by atoms with Crippen LogP contribution in [0.15, 0.2) is 24.3 Å². The second kappa shape index (κ2) is 8.00. The van der Waals surface area contributed by atoms with Gasteiger partial charge in [-0.1, -0.05) is 12.1 Å². The van der Waals surface area contributed by atoms with E-state index in [0.29, 0.717) is 6.42 Å². The highest BCUT2D eigenvalue weighted by atomic mass is 32.2. The molecule has 0 aliphatic heterocycles. The van der Waals surface area contributed by atoms with Gasteiger partial charge in [0.2, 0.25) is 0 Å². The number of methoxy groups -OCH3 is 1. The highest BCUT2D eigenvalue weighted by Gasteiger charge is 2.14. The topological polar surface area (TPSA) is 61.5 Å². The van der Waals surface area contributed by atoms with Crippen molar-refractivity contribution in [1.29, 1.82) is 0 Å². The predicted octanol–water partition coefficient (Wildman–Crippen LogP) is 1.82. The number of esters is 1. The molecule has 0 aliphatic carbocycles. The molecule has 0 heterocycles. The lowest BCUT2D eigenvalue weighted by atomic mass is 10.2. The smallest absolute Gasteiger partial charge is 0.323 e. The van der Waals surface area contributed by atoms with E-state index in [-0.39, 0.29) is 12.6 Å².